The second kappa shape index (κ2) is 8.33. The third-order valence-corrected chi connectivity index (χ3v) is 5.70. The van der Waals surface area contributed by atoms with Crippen LogP contribution < -0.4 is 5.32 Å². The maximum Gasteiger partial charge on any atom is 0.341 e. The van der Waals surface area contributed by atoms with Crippen molar-refractivity contribution in [1.29, 1.82) is 0 Å². The first kappa shape index (κ1) is 19.1. The van der Waals surface area contributed by atoms with Crippen LogP contribution in [0.25, 0.3) is 11.1 Å². The van der Waals surface area contributed by atoms with Gasteiger partial charge in [-0.05, 0) is 44.4 Å². The molecule has 1 atom stereocenters. The standard InChI is InChI=1S/C19H20BrNO4S/c1-3-24-19(23)16-15(12-6-8-13(20)9-7-12)11(2)26-18(16)21-17(22)14-5-4-10-25-14/h6-9,14H,3-5,10H2,1-2H3,(H,21,22). The molecular weight excluding hydrogens is 418 g/mol. The molecule has 0 bridgehead atoms. The zero-order valence-electron chi connectivity index (χ0n) is 14.6. The van der Waals surface area contributed by atoms with Crippen molar-refractivity contribution in [1.82, 2.24) is 0 Å². The van der Waals surface area contributed by atoms with Gasteiger partial charge in [0.15, 0.2) is 0 Å². The van der Waals surface area contributed by atoms with Gasteiger partial charge in [-0.25, -0.2) is 4.79 Å². The fourth-order valence-electron chi connectivity index (χ4n) is 2.97. The Morgan fingerprint density at radius 3 is 2.69 bits per heavy atom. The van der Waals surface area contributed by atoms with E-state index in [1.807, 2.05) is 31.2 Å². The number of hydrogen-bond donors (Lipinski definition) is 1. The minimum absolute atomic E-state index is 0.211. The normalized spacial score (nSPS) is 16.5. The van der Waals surface area contributed by atoms with Gasteiger partial charge in [0.25, 0.3) is 5.91 Å². The summed E-state index contributed by atoms with van der Waals surface area (Å²) in [5.74, 6) is -0.644. The van der Waals surface area contributed by atoms with E-state index in [1.165, 1.54) is 11.3 Å². The number of anilines is 1. The van der Waals surface area contributed by atoms with E-state index in [0.29, 0.717) is 23.6 Å². The molecule has 0 spiro atoms. The first-order valence-electron chi connectivity index (χ1n) is 8.50. The van der Waals surface area contributed by atoms with Gasteiger partial charge < -0.3 is 14.8 Å². The summed E-state index contributed by atoms with van der Waals surface area (Å²) in [5.41, 5.74) is 2.11. The Bertz CT molecular complexity index is 810. The topological polar surface area (TPSA) is 64.6 Å². The molecule has 0 radical (unpaired) electrons. The predicted octanol–water partition coefficient (Wildman–Crippen LogP) is 4.78. The zero-order valence-corrected chi connectivity index (χ0v) is 17.0. The molecule has 26 heavy (non-hydrogen) atoms. The highest BCUT2D eigenvalue weighted by Crippen LogP contribution is 2.41. The van der Waals surface area contributed by atoms with Crippen molar-refractivity contribution in [3.8, 4) is 11.1 Å². The molecule has 1 amide bonds. The van der Waals surface area contributed by atoms with E-state index in [-0.39, 0.29) is 12.5 Å². The molecule has 0 saturated carbocycles. The number of nitrogens with one attached hydrogen (secondary N) is 1. The molecular formula is C19H20BrNO4S. The highest BCUT2D eigenvalue weighted by molar-refractivity contribution is 9.10. The summed E-state index contributed by atoms with van der Waals surface area (Å²) in [6.07, 6.45) is 1.12. The molecule has 2 aromatic rings. The molecule has 5 nitrogen and oxygen atoms in total. The number of esters is 1. The minimum Gasteiger partial charge on any atom is -0.462 e. The Kier molecular flexibility index (Phi) is 6.11. The van der Waals surface area contributed by atoms with Gasteiger partial charge in [0.05, 0.1) is 6.61 Å². The molecule has 3 rings (SSSR count). The number of halogens is 1. The Balaban J connectivity index is 2.00. The zero-order chi connectivity index (χ0) is 18.7. The van der Waals surface area contributed by atoms with Gasteiger partial charge in [-0.2, -0.15) is 0 Å². The average Bonchev–Trinajstić information content (AvgIpc) is 3.24. The van der Waals surface area contributed by atoms with Crippen molar-refractivity contribution in [2.45, 2.75) is 32.8 Å². The summed E-state index contributed by atoms with van der Waals surface area (Å²) in [6.45, 7) is 4.57. The van der Waals surface area contributed by atoms with E-state index >= 15 is 0 Å². The lowest BCUT2D eigenvalue weighted by Crippen LogP contribution is -2.27. The Morgan fingerprint density at radius 2 is 2.08 bits per heavy atom. The van der Waals surface area contributed by atoms with Crippen molar-refractivity contribution < 1.29 is 19.1 Å². The van der Waals surface area contributed by atoms with Crippen molar-refractivity contribution in [2.24, 2.45) is 0 Å². The highest BCUT2D eigenvalue weighted by atomic mass is 79.9. The second-order valence-electron chi connectivity index (χ2n) is 5.96. The van der Waals surface area contributed by atoms with Crippen LogP contribution in [0.2, 0.25) is 0 Å². The molecule has 1 aromatic heterocycles. The van der Waals surface area contributed by atoms with Crippen LogP contribution in [0.1, 0.15) is 35.0 Å². The molecule has 1 saturated heterocycles. The molecule has 1 unspecified atom stereocenters. The Hall–Kier alpha value is -1.70. The van der Waals surface area contributed by atoms with Crippen LogP contribution in [-0.2, 0) is 14.3 Å². The summed E-state index contributed by atoms with van der Waals surface area (Å²) < 4.78 is 11.6. The van der Waals surface area contributed by atoms with Crippen LogP contribution in [0.3, 0.4) is 0 Å². The van der Waals surface area contributed by atoms with Crippen molar-refractivity contribution >= 4 is 44.1 Å². The van der Waals surface area contributed by atoms with Crippen LogP contribution in [0.5, 0.6) is 0 Å². The van der Waals surface area contributed by atoms with Gasteiger partial charge in [0.1, 0.15) is 16.7 Å². The fourth-order valence-corrected chi connectivity index (χ4v) is 4.30. The molecule has 1 aromatic carbocycles. The lowest BCUT2D eigenvalue weighted by atomic mass is 10.0. The molecule has 0 aliphatic carbocycles. The lowest BCUT2D eigenvalue weighted by Gasteiger charge is -2.11. The third kappa shape index (κ3) is 4.00. The van der Waals surface area contributed by atoms with E-state index in [9.17, 15) is 9.59 Å². The van der Waals surface area contributed by atoms with Crippen LogP contribution in [0.15, 0.2) is 28.7 Å². The van der Waals surface area contributed by atoms with E-state index in [1.54, 1.807) is 6.92 Å². The first-order chi connectivity index (χ1) is 12.5. The van der Waals surface area contributed by atoms with Gasteiger partial charge in [-0.15, -0.1) is 11.3 Å². The number of aryl methyl sites for hydroxylation is 1. The summed E-state index contributed by atoms with van der Waals surface area (Å²) >= 11 is 4.81. The van der Waals surface area contributed by atoms with Gasteiger partial charge in [0, 0.05) is 21.5 Å². The summed E-state index contributed by atoms with van der Waals surface area (Å²) in [6, 6.07) is 7.72. The average molecular weight is 438 g/mol. The van der Waals surface area contributed by atoms with Gasteiger partial charge in [0.2, 0.25) is 0 Å². The highest BCUT2D eigenvalue weighted by Gasteiger charge is 2.29. The van der Waals surface area contributed by atoms with Crippen LogP contribution >= 0.6 is 27.3 Å². The van der Waals surface area contributed by atoms with Gasteiger partial charge >= 0.3 is 5.97 Å². The Labute approximate surface area is 164 Å². The van der Waals surface area contributed by atoms with E-state index in [0.717, 1.165) is 26.9 Å². The fraction of sp³-hybridized carbons (Fsp3) is 0.368. The summed E-state index contributed by atoms with van der Waals surface area (Å²) in [7, 11) is 0. The minimum atomic E-state index is -0.455. The predicted molar refractivity (Wildman–Crippen MR) is 106 cm³/mol. The SMILES string of the molecule is CCOC(=O)c1c(NC(=O)C2CCCO2)sc(C)c1-c1ccc(Br)cc1. The number of ether oxygens (including phenoxy) is 2. The van der Waals surface area contributed by atoms with Crippen molar-refractivity contribution in [3.63, 3.8) is 0 Å². The Morgan fingerprint density at radius 1 is 1.35 bits per heavy atom. The van der Waals surface area contributed by atoms with E-state index in [4.69, 9.17) is 9.47 Å². The van der Waals surface area contributed by atoms with Crippen LogP contribution in [0, 0.1) is 6.92 Å². The molecule has 7 heteroatoms. The van der Waals surface area contributed by atoms with Crippen LogP contribution in [0.4, 0.5) is 5.00 Å². The maximum atomic E-state index is 12.6. The van der Waals surface area contributed by atoms with E-state index in [2.05, 4.69) is 21.2 Å². The number of carbonyl (C=O) groups excluding carboxylic acids is 2. The number of amides is 1. The maximum absolute atomic E-state index is 12.6. The molecule has 138 valence electrons. The van der Waals surface area contributed by atoms with Gasteiger partial charge in [-0.1, -0.05) is 28.1 Å². The monoisotopic (exact) mass is 437 g/mol. The smallest absolute Gasteiger partial charge is 0.341 e. The van der Waals surface area contributed by atoms with Crippen LogP contribution in [-0.4, -0.2) is 31.2 Å². The van der Waals surface area contributed by atoms with Crippen molar-refractivity contribution in [3.05, 3.63) is 39.2 Å². The number of hydrogen-bond acceptors (Lipinski definition) is 5. The summed E-state index contributed by atoms with van der Waals surface area (Å²) in [5, 5.41) is 3.39. The molecule has 1 aliphatic heterocycles. The largest absolute Gasteiger partial charge is 0.462 e. The van der Waals surface area contributed by atoms with E-state index < -0.39 is 12.1 Å². The second-order valence-corrected chi connectivity index (χ2v) is 8.10. The molecule has 1 fully saturated rings. The molecule has 2 heterocycles. The van der Waals surface area contributed by atoms with Crippen molar-refractivity contribution in [2.75, 3.05) is 18.5 Å². The third-order valence-electron chi connectivity index (χ3n) is 4.16. The molecule has 1 N–H and O–H groups in total. The van der Waals surface area contributed by atoms with Gasteiger partial charge in [-0.3, -0.25) is 4.79 Å². The number of benzene rings is 1. The number of rotatable bonds is 5. The molecule has 1 aliphatic rings. The first-order valence-corrected chi connectivity index (χ1v) is 10.1. The quantitative estimate of drug-likeness (QED) is 0.683. The summed E-state index contributed by atoms with van der Waals surface area (Å²) in [4.78, 5) is 26.0. The number of thiophene rings is 1. The number of carbonyl (C=O) groups is 2. The lowest BCUT2D eigenvalue weighted by molar-refractivity contribution is -0.124.